The van der Waals surface area contributed by atoms with Crippen molar-refractivity contribution in [2.24, 2.45) is 0 Å². The van der Waals surface area contributed by atoms with Crippen LogP contribution in [0.25, 0.3) is 10.9 Å². The molecule has 0 aliphatic carbocycles. The Morgan fingerprint density at radius 1 is 1.19 bits per heavy atom. The van der Waals surface area contributed by atoms with E-state index >= 15 is 0 Å². The van der Waals surface area contributed by atoms with Crippen LogP contribution in [0.5, 0.6) is 0 Å². The largest absolute Gasteiger partial charge is 0.398 e. The van der Waals surface area contributed by atoms with Gasteiger partial charge in [0.05, 0.1) is 24.4 Å². The van der Waals surface area contributed by atoms with E-state index in [4.69, 9.17) is 15.2 Å². The second-order valence-corrected chi connectivity index (χ2v) is 5.61. The minimum atomic E-state index is 0.645. The molecule has 0 saturated carbocycles. The Morgan fingerprint density at radius 3 is 2.48 bits per heavy atom. The fourth-order valence-electron chi connectivity index (χ4n) is 2.21. The zero-order chi connectivity index (χ0) is 15.2. The first-order valence-electron chi connectivity index (χ1n) is 6.74. The van der Waals surface area contributed by atoms with Gasteiger partial charge in [-0.25, -0.2) is 0 Å². The quantitative estimate of drug-likeness (QED) is 0.775. The van der Waals surface area contributed by atoms with Crippen LogP contribution in [-0.2, 0) is 9.47 Å². The number of methoxy groups -OCH3 is 2. The summed E-state index contributed by atoms with van der Waals surface area (Å²) < 4.78 is 11.3. The molecule has 0 radical (unpaired) electrons. The first-order valence-corrected chi connectivity index (χ1v) is 7.53. The van der Waals surface area contributed by atoms with E-state index in [1.54, 1.807) is 20.4 Å². The molecule has 0 aliphatic heterocycles. The van der Waals surface area contributed by atoms with Gasteiger partial charge in [0.25, 0.3) is 0 Å². The number of hydrogen-bond donors (Lipinski definition) is 1. The van der Waals surface area contributed by atoms with Gasteiger partial charge in [0, 0.05) is 49.1 Å². The summed E-state index contributed by atoms with van der Waals surface area (Å²) in [6.07, 6.45) is 1.79. The normalized spacial score (nSPS) is 11.0. The Hall–Kier alpha value is -1.37. The summed E-state index contributed by atoms with van der Waals surface area (Å²) in [4.78, 5) is 6.73. The molecule has 0 atom stereocenters. The highest BCUT2D eigenvalue weighted by Gasteiger charge is 2.13. The van der Waals surface area contributed by atoms with Gasteiger partial charge in [0.2, 0.25) is 0 Å². The Kier molecular flexibility index (Phi) is 5.78. The highest BCUT2D eigenvalue weighted by atomic mass is 79.9. The predicted molar refractivity (Wildman–Crippen MR) is 89.8 cm³/mol. The van der Waals surface area contributed by atoms with E-state index in [0.29, 0.717) is 13.2 Å². The van der Waals surface area contributed by atoms with Crippen LogP contribution in [0, 0.1) is 0 Å². The van der Waals surface area contributed by atoms with Gasteiger partial charge < -0.3 is 20.1 Å². The average molecular weight is 354 g/mol. The van der Waals surface area contributed by atoms with Crippen LogP contribution < -0.4 is 10.6 Å². The van der Waals surface area contributed by atoms with Crippen molar-refractivity contribution in [3.63, 3.8) is 0 Å². The number of pyridine rings is 1. The number of nitrogens with two attached hydrogens (primary N) is 1. The van der Waals surface area contributed by atoms with E-state index in [1.807, 2.05) is 18.2 Å². The predicted octanol–water partition coefficient (Wildman–Crippen LogP) is 2.68. The number of hydrogen-bond acceptors (Lipinski definition) is 5. The first kappa shape index (κ1) is 16.0. The van der Waals surface area contributed by atoms with Gasteiger partial charge in [-0.2, -0.15) is 0 Å². The van der Waals surface area contributed by atoms with Gasteiger partial charge in [-0.05, 0) is 34.1 Å². The maximum Gasteiger partial charge on any atom is 0.0956 e. The highest BCUT2D eigenvalue weighted by molar-refractivity contribution is 9.10. The number of ether oxygens (including phenoxy) is 2. The van der Waals surface area contributed by atoms with Crippen molar-refractivity contribution in [3.8, 4) is 0 Å². The molecule has 1 aromatic carbocycles. The van der Waals surface area contributed by atoms with Crippen molar-refractivity contribution in [1.82, 2.24) is 4.98 Å². The Labute approximate surface area is 133 Å². The van der Waals surface area contributed by atoms with E-state index in [0.717, 1.165) is 39.8 Å². The van der Waals surface area contributed by atoms with Crippen molar-refractivity contribution in [2.45, 2.75) is 0 Å². The molecule has 1 aromatic heterocycles. The highest BCUT2D eigenvalue weighted by Crippen LogP contribution is 2.31. The van der Waals surface area contributed by atoms with Crippen LogP contribution in [0.15, 0.2) is 28.9 Å². The Balaban J connectivity index is 2.43. The fraction of sp³-hybridized carbons (Fsp3) is 0.400. The van der Waals surface area contributed by atoms with E-state index < -0.39 is 0 Å². The molecule has 0 bridgehead atoms. The topological polar surface area (TPSA) is 60.6 Å². The molecule has 114 valence electrons. The number of nitrogen functional groups attached to an aromatic ring is 1. The number of anilines is 2. The molecule has 2 N–H and O–H groups in total. The number of fused-ring (bicyclic) bond motifs is 1. The lowest BCUT2D eigenvalue weighted by atomic mass is 10.1. The molecule has 21 heavy (non-hydrogen) atoms. The van der Waals surface area contributed by atoms with Crippen LogP contribution >= 0.6 is 15.9 Å². The molecule has 0 spiro atoms. The van der Waals surface area contributed by atoms with Crippen LogP contribution in [0.2, 0.25) is 0 Å². The summed E-state index contributed by atoms with van der Waals surface area (Å²) in [7, 11) is 3.40. The average Bonchev–Trinajstić information content (AvgIpc) is 2.49. The molecule has 0 aliphatic rings. The van der Waals surface area contributed by atoms with Crippen molar-refractivity contribution in [2.75, 3.05) is 51.2 Å². The monoisotopic (exact) mass is 353 g/mol. The maximum absolute atomic E-state index is 6.07. The Bertz CT molecular complexity index is 599. The number of nitrogens with zero attached hydrogens (tertiary/aromatic N) is 2. The SMILES string of the molecule is COCCN(CCOC)c1ccc(N)c2cc(Br)cnc12. The second-order valence-electron chi connectivity index (χ2n) is 4.70. The first-order chi connectivity index (χ1) is 10.2. The summed E-state index contributed by atoms with van der Waals surface area (Å²) >= 11 is 3.44. The summed E-state index contributed by atoms with van der Waals surface area (Å²) in [6, 6.07) is 5.91. The molecule has 0 saturated heterocycles. The molecule has 0 fully saturated rings. The van der Waals surface area contributed by atoms with Gasteiger partial charge in [-0.1, -0.05) is 0 Å². The third-order valence-corrected chi connectivity index (χ3v) is 3.73. The molecular weight excluding hydrogens is 334 g/mol. The minimum Gasteiger partial charge on any atom is -0.398 e. The van der Waals surface area contributed by atoms with Crippen molar-refractivity contribution in [1.29, 1.82) is 0 Å². The van der Waals surface area contributed by atoms with Gasteiger partial charge >= 0.3 is 0 Å². The zero-order valence-electron chi connectivity index (χ0n) is 12.3. The summed E-state index contributed by atoms with van der Waals surface area (Å²) in [5.74, 6) is 0. The molecule has 2 rings (SSSR count). The lowest BCUT2D eigenvalue weighted by Crippen LogP contribution is -2.31. The smallest absolute Gasteiger partial charge is 0.0956 e. The summed E-state index contributed by atoms with van der Waals surface area (Å²) in [6.45, 7) is 2.84. The van der Waals surface area contributed by atoms with Gasteiger partial charge in [0.1, 0.15) is 0 Å². The molecule has 2 aromatic rings. The number of aromatic nitrogens is 1. The standard InChI is InChI=1S/C15H20BrN3O2/c1-20-7-5-19(6-8-21-2)14-4-3-13(17)12-9-11(16)10-18-15(12)14/h3-4,9-10H,5-8,17H2,1-2H3. The molecule has 0 unspecified atom stereocenters. The van der Waals surface area contributed by atoms with Crippen molar-refractivity contribution in [3.05, 3.63) is 28.9 Å². The van der Waals surface area contributed by atoms with Crippen molar-refractivity contribution < 1.29 is 9.47 Å². The van der Waals surface area contributed by atoms with Gasteiger partial charge in [0.15, 0.2) is 0 Å². The third kappa shape index (κ3) is 3.84. The molecular formula is C15H20BrN3O2. The van der Waals surface area contributed by atoms with Crippen LogP contribution in [0.4, 0.5) is 11.4 Å². The van der Waals surface area contributed by atoms with E-state index in [9.17, 15) is 0 Å². The molecule has 1 heterocycles. The maximum atomic E-state index is 6.07. The molecule has 5 nitrogen and oxygen atoms in total. The number of rotatable bonds is 7. The van der Waals surface area contributed by atoms with Gasteiger partial charge in [-0.3, -0.25) is 4.98 Å². The van der Waals surface area contributed by atoms with Crippen molar-refractivity contribution >= 4 is 38.2 Å². The van der Waals surface area contributed by atoms with Gasteiger partial charge in [-0.15, -0.1) is 0 Å². The molecule has 0 amide bonds. The Morgan fingerprint density at radius 2 is 1.86 bits per heavy atom. The van der Waals surface area contributed by atoms with E-state index in [-0.39, 0.29) is 0 Å². The minimum absolute atomic E-state index is 0.645. The second kappa shape index (κ2) is 7.59. The summed E-state index contributed by atoms with van der Waals surface area (Å²) in [5, 5.41) is 0.946. The number of halogens is 1. The lowest BCUT2D eigenvalue weighted by Gasteiger charge is -2.25. The van der Waals surface area contributed by atoms with E-state index in [1.165, 1.54) is 0 Å². The number of benzene rings is 1. The third-order valence-electron chi connectivity index (χ3n) is 3.30. The van der Waals surface area contributed by atoms with Crippen LogP contribution in [0.1, 0.15) is 0 Å². The molecule has 6 heteroatoms. The zero-order valence-corrected chi connectivity index (χ0v) is 13.9. The fourth-order valence-corrected chi connectivity index (χ4v) is 2.54. The summed E-state index contributed by atoms with van der Waals surface area (Å²) in [5.41, 5.74) is 8.73. The van der Waals surface area contributed by atoms with Crippen LogP contribution in [-0.4, -0.2) is 45.5 Å². The van der Waals surface area contributed by atoms with Crippen LogP contribution in [0.3, 0.4) is 0 Å². The van der Waals surface area contributed by atoms with E-state index in [2.05, 4.69) is 25.8 Å². The lowest BCUT2D eigenvalue weighted by molar-refractivity contribution is 0.190.